The van der Waals surface area contributed by atoms with E-state index in [-0.39, 0.29) is 18.2 Å². The molecule has 2 unspecified atom stereocenters. The Morgan fingerprint density at radius 3 is 2.89 bits per heavy atom. The van der Waals surface area contributed by atoms with Crippen LogP contribution in [0.1, 0.15) is 31.9 Å². The molecule has 18 heavy (non-hydrogen) atoms. The predicted octanol–water partition coefficient (Wildman–Crippen LogP) is 2.00. The van der Waals surface area contributed by atoms with Gasteiger partial charge in [-0.3, -0.25) is 0 Å². The summed E-state index contributed by atoms with van der Waals surface area (Å²) in [5.41, 5.74) is 0.442. The average molecular weight is 253 g/mol. The first-order chi connectivity index (χ1) is 8.76. The highest BCUT2D eigenvalue weighted by Gasteiger charge is 2.26. The molecule has 1 aromatic rings. The van der Waals surface area contributed by atoms with Crippen molar-refractivity contribution in [3.63, 3.8) is 0 Å². The Balaban J connectivity index is 1.98. The van der Waals surface area contributed by atoms with Gasteiger partial charge >= 0.3 is 0 Å². The minimum atomic E-state index is -0.349. The van der Waals surface area contributed by atoms with E-state index < -0.39 is 0 Å². The van der Waals surface area contributed by atoms with Gasteiger partial charge in [0.25, 0.3) is 0 Å². The fraction of sp³-hybridized carbons (Fsp3) is 0.692. The highest BCUT2D eigenvalue weighted by molar-refractivity contribution is 5.37. The fourth-order valence-electron chi connectivity index (χ4n) is 2.63. The molecule has 0 saturated heterocycles. The molecule has 1 aromatic heterocycles. The van der Waals surface area contributed by atoms with Gasteiger partial charge in [0.2, 0.25) is 0 Å². The smallest absolute Gasteiger partial charge is 0.186 e. The Bertz CT molecular complexity index is 400. The zero-order valence-corrected chi connectivity index (χ0v) is 10.7. The summed E-state index contributed by atoms with van der Waals surface area (Å²) in [6.45, 7) is 2.76. The Hall–Kier alpha value is -1.23. The topological polar surface area (TPSA) is 58.0 Å². The van der Waals surface area contributed by atoms with Gasteiger partial charge in [-0.05, 0) is 31.1 Å². The van der Waals surface area contributed by atoms with Crippen LogP contribution in [0.25, 0.3) is 0 Å². The molecule has 4 nitrogen and oxygen atoms in total. The maximum absolute atomic E-state index is 13.9. The molecule has 0 aliphatic heterocycles. The Morgan fingerprint density at radius 2 is 2.17 bits per heavy atom. The monoisotopic (exact) mass is 253 g/mol. The van der Waals surface area contributed by atoms with E-state index in [1.807, 2.05) is 6.92 Å². The third kappa shape index (κ3) is 2.77. The minimum absolute atomic E-state index is 0.221. The second kappa shape index (κ2) is 6.09. The standard InChI is InChI=1S/C13H20FN3O/c1-2-11-12(14)13(17-8-16-11)15-6-9-4-3-5-10(9)7-18/h8-10,18H,2-7H2,1H3,(H,15,16,17). The third-order valence-corrected chi connectivity index (χ3v) is 3.78. The quantitative estimate of drug-likeness (QED) is 0.842. The highest BCUT2D eigenvalue weighted by Crippen LogP contribution is 2.31. The van der Waals surface area contributed by atoms with E-state index in [4.69, 9.17) is 0 Å². The molecule has 1 aliphatic carbocycles. The molecule has 0 amide bonds. The first kappa shape index (κ1) is 13.2. The summed E-state index contributed by atoms with van der Waals surface area (Å²) >= 11 is 0. The lowest BCUT2D eigenvalue weighted by molar-refractivity contribution is 0.199. The lowest BCUT2D eigenvalue weighted by atomic mass is 9.97. The number of anilines is 1. The number of aromatic nitrogens is 2. The summed E-state index contributed by atoms with van der Waals surface area (Å²) in [7, 11) is 0. The van der Waals surface area contributed by atoms with Crippen LogP contribution >= 0.6 is 0 Å². The molecule has 1 fully saturated rings. The maximum Gasteiger partial charge on any atom is 0.186 e. The van der Waals surface area contributed by atoms with Crippen LogP contribution in [0.3, 0.4) is 0 Å². The second-order valence-corrected chi connectivity index (χ2v) is 4.85. The van der Waals surface area contributed by atoms with Gasteiger partial charge < -0.3 is 10.4 Å². The van der Waals surface area contributed by atoms with E-state index >= 15 is 0 Å². The lowest BCUT2D eigenvalue weighted by Crippen LogP contribution is -2.22. The van der Waals surface area contributed by atoms with Gasteiger partial charge in [-0.15, -0.1) is 0 Å². The number of hydrogen-bond donors (Lipinski definition) is 2. The van der Waals surface area contributed by atoms with Crippen LogP contribution in [0.15, 0.2) is 6.33 Å². The van der Waals surface area contributed by atoms with Crippen molar-refractivity contribution >= 4 is 5.82 Å². The number of hydrogen-bond acceptors (Lipinski definition) is 4. The van der Waals surface area contributed by atoms with Crippen molar-refractivity contribution in [2.45, 2.75) is 32.6 Å². The molecule has 2 N–H and O–H groups in total. The zero-order valence-electron chi connectivity index (χ0n) is 10.7. The number of aliphatic hydroxyl groups is 1. The highest BCUT2D eigenvalue weighted by atomic mass is 19.1. The van der Waals surface area contributed by atoms with E-state index in [2.05, 4.69) is 15.3 Å². The fourth-order valence-corrected chi connectivity index (χ4v) is 2.63. The van der Waals surface area contributed by atoms with Crippen molar-refractivity contribution in [2.75, 3.05) is 18.5 Å². The van der Waals surface area contributed by atoms with Crippen molar-refractivity contribution in [2.24, 2.45) is 11.8 Å². The molecule has 1 heterocycles. The van der Waals surface area contributed by atoms with Gasteiger partial charge in [0.15, 0.2) is 11.6 Å². The SMILES string of the molecule is CCc1ncnc(NCC2CCCC2CO)c1F. The Kier molecular flexibility index (Phi) is 4.47. The summed E-state index contributed by atoms with van der Waals surface area (Å²) in [6, 6.07) is 0. The number of aliphatic hydroxyl groups excluding tert-OH is 1. The van der Waals surface area contributed by atoms with Gasteiger partial charge in [0.1, 0.15) is 6.33 Å². The molecule has 0 aromatic carbocycles. The molecular weight excluding hydrogens is 233 g/mol. The maximum atomic E-state index is 13.9. The zero-order chi connectivity index (χ0) is 13.0. The molecule has 2 atom stereocenters. The van der Waals surface area contributed by atoms with Crippen LogP contribution in [-0.4, -0.2) is 28.2 Å². The molecule has 100 valence electrons. The van der Waals surface area contributed by atoms with Crippen molar-refractivity contribution in [1.82, 2.24) is 9.97 Å². The largest absolute Gasteiger partial charge is 0.396 e. The summed E-state index contributed by atoms with van der Waals surface area (Å²) < 4.78 is 13.9. The van der Waals surface area contributed by atoms with Gasteiger partial charge in [-0.25, -0.2) is 14.4 Å². The van der Waals surface area contributed by atoms with E-state index in [9.17, 15) is 9.50 Å². The number of aryl methyl sites for hydroxylation is 1. The Labute approximate surface area is 107 Å². The molecular formula is C13H20FN3O. The van der Waals surface area contributed by atoms with Crippen LogP contribution in [0.2, 0.25) is 0 Å². The first-order valence-corrected chi connectivity index (χ1v) is 6.60. The average Bonchev–Trinajstić information content (AvgIpc) is 2.85. The summed E-state index contributed by atoms with van der Waals surface area (Å²) in [5, 5.41) is 12.3. The summed E-state index contributed by atoms with van der Waals surface area (Å²) in [4.78, 5) is 7.84. The van der Waals surface area contributed by atoms with Crippen LogP contribution in [0.5, 0.6) is 0 Å². The lowest BCUT2D eigenvalue weighted by Gasteiger charge is -2.18. The molecule has 5 heteroatoms. The van der Waals surface area contributed by atoms with Crippen LogP contribution < -0.4 is 5.32 Å². The summed E-state index contributed by atoms with van der Waals surface area (Å²) in [5.74, 6) is 0.687. The van der Waals surface area contributed by atoms with Crippen LogP contribution in [-0.2, 0) is 6.42 Å². The number of nitrogens with one attached hydrogen (secondary N) is 1. The first-order valence-electron chi connectivity index (χ1n) is 6.60. The van der Waals surface area contributed by atoms with Crippen molar-refractivity contribution in [3.05, 3.63) is 17.8 Å². The molecule has 0 spiro atoms. The predicted molar refractivity (Wildman–Crippen MR) is 67.8 cm³/mol. The normalized spacial score (nSPS) is 23.3. The van der Waals surface area contributed by atoms with Crippen molar-refractivity contribution in [3.8, 4) is 0 Å². The van der Waals surface area contributed by atoms with E-state index in [1.165, 1.54) is 6.33 Å². The van der Waals surface area contributed by atoms with Crippen molar-refractivity contribution < 1.29 is 9.50 Å². The molecule has 0 radical (unpaired) electrons. The van der Waals surface area contributed by atoms with Crippen molar-refractivity contribution in [1.29, 1.82) is 0 Å². The van der Waals surface area contributed by atoms with Gasteiger partial charge in [0.05, 0.1) is 5.69 Å². The van der Waals surface area contributed by atoms with Gasteiger partial charge in [-0.1, -0.05) is 13.3 Å². The van der Waals surface area contributed by atoms with E-state index in [0.717, 1.165) is 19.3 Å². The number of nitrogens with zero attached hydrogens (tertiary/aromatic N) is 2. The van der Waals surface area contributed by atoms with Crippen LogP contribution in [0.4, 0.5) is 10.2 Å². The molecule has 2 rings (SSSR count). The minimum Gasteiger partial charge on any atom is -0.396 e. The summed E-state index contributed by atoms with van der Waals surface area (Å²) in [6.07, 6.45) is 5.25. The van der Waals surface area contributed by atoms with Gasteiger partial charge in [-0.2, -0.15) is 0 Å². The number of rotatable bonds is 5. The number of halogens is 1. The Morgan fingerprint density at radius 1 is 1.39 bits per heavy atom. The second-order valence-electron chi connectivity index (χ2n) is 4.85. The molecule has 1 saturated carbocycles. The third-order valence-electron chi connectivity index (χ3n) is 3.78. The van der Waals surface area contributed by atoms with Gasteiger partial charge in [0, 0.05) is 13.2 Å². The van der Waals surface area contributed by atoms with Crippen LogP contribution in [0, 0.1) is 17.7 Å². The molecule has 0 bridgehead atoms. The van der Waals surface area contributed by atoms with E-state index in [1.54, 1.807) is 0 Å². The van der Waals surface area contributed by atoms with E-state index in [0.29, 0.717) is 30.5 Å². The molecule has 1 aliphatic rings.